The van der Waals surface area contributed by atoms with Crippen molar-refractivity contribution in [2.24, 2.45) is 0 Å². The molecule has 1 saturated heterocycles. The van der Waals surface area contributed by atoms with Crippen molar-refractivity contribution in [1.82, 2.24) is 10.3 Å². The Morgan fingerprint density at radius 1 is 1.44 bits per heavy atom. The Bertz CT molecular complexity index is 409. The zero-order valence-electron chi connectivity index (χ0n) is 10.00. The number of aromatic nitrogens is 1. The highest BCUT2D eigenvalue weighted by atomic mass is 19.4. The van der Waals surface area contributed by atoms with Crippen LogP contribution in [0.1, 0.15) is 25.3 Å². The molecular formula is C12H15F3N2O. The van der Waals surface area contributed by atoms with Crippen molar-refractivity contribution in [1.29, 1.82) is 0 Å². The van der Waals surface area contributed by atoms with Gasteiger partial charge >= 0.3 is 6.18 Å². The summed E-state index contributed by atoms with van der Waals surface area (Å²) >= 11 is 0. The average molecular weight is 260 g/mol. The summed E-state index contributed by atoms with van der Waals surface area (Å²) in [6.45, 7) is 2.73. The number of nitrogens with one attached hydrogen (secondary N) is 1. The summed E-state index contributed by atoms with van der Waals surface area (Å²) in [6.07, 6.45) is -1.94. The monoisotopic (exact) mass is 260 g/mol. The van der Waals surface area contributed by atoms with Gasteiger partial charge in [0, 0.05) is 12.2 Å². The Balaban J connectivity index is 2.13. The molecule has 0 amide bonds. The van der Waals surface area contributed by atoms with Gasteiger partial charge in [-0.3, -0.25) is 0 Å². The van der Waals surface area contributed by atoms with Gasteiger partial charge in [0.2, 0.25) is 5.88 Å². The van der Waals surface area contributed by atoms with Crippen LogP contribution in [0.2, 0.25) is 0 Å². The number of ether oxygens (including phenoxy) is 1. The van der Waals surface area contributed by atoms with Gasteiger partial charge in [0.05, 0.1) is 0 Å². The van der Waals surface area contributed by atoms with Crippen LogP contribution in [0.25, 0.3) is 0 Å². The van der Waals surface area contributed by atoms with Crippen molar-refractivity contribution in [3.05, 3.63) is 23.9 Å². The van der Waals surface area contributed by atoms with Crippen molar-refractivity contribution < 1.29 is 17.9 Å². The summed E-state index contributed by atoms with van der Waals surface area (Å²) in [6, 6.07) is 2.51. The Morgan fingerprint density at radius 3 is 2.89 bits per heavy atom. The zero-order chi connectivity index (χ0) is 13.2. The molecule has 2 heterocycles. The number of rotatable bonds is 2. The summed E-state index contributed by atoms with van der Waals surface area (Å²) in [5.41, 5.74) is -0.809. The van der Waals surface area contributed by atoms with Crippen molar-refractivity contribution in [3.63, 3.8) is 0 Å². The molecule has 1 aliphatic heterocycles. The normalized spacial score (nSPS) is 24.9. The molecule has 2 atom stereocenters. The maximum absolute atomic E-state index is 12.7. The molecule has 3 nitrogen and oxygen atoms in total. The van der Waals surface area contributed by atoms with Gasteiger partial charge in [-0.2, -0.15) is 13.2 Å². The average Bonchev–Trinajstić information content (AvgIpc) is 2.28. The number of halogens is 3. The second kappa shape index (κ2) is 5.14. The van der Waals surface area contributed by atoms with Crippen molar-refractivity contribution in [2.75, 3.05) is 6.54 Å². The Morgan fingerprint density at radius 2 is 2.22 bits per heavy atom. The second-order valence-electron chi connectivity index (χ2n) is 4.47. The van der Waals surface area contributed by atoms with E-state index in [4.69, 9.17) is 4.74 Å². The summed E-state index contributed by atoms with van der Waals surface area (Å²) in [4.78, 5) is 3.70. The minimum atomic E-state index is -4.43. The maximum Gasteiger partial charge on any atom is 0.421 e. The molecule has 6 heteroatoms. The van der Waals surface area contributed by atoms with Crippen LogP contribution in [0.3, 0.4) is 0 Å². The van der Waals surface area contributed by atoms with Gasteiger partial charge < -0.3 is 10.1 Å². The lowest BCUT2D eigenvalue weighted by atomic mass is 10.0. The van der Waals surface area contributed by atoms with E-state index in [1.165, 1.54) is 12.3 Å². The van der Waals surface area contributed by atoms with E-state index in [0.717, 1.165) is 12.6 Å². The molecule has 18 heavy (non-hydrogen) atoms. The van der Waals surface area contributed by atoms with Gasteiger partial charge in [0.25, 0.3) is 0 Å². The Labute approximate surface area is 103 Å². The molecule has 0 aromatic carbocycles. The van der Waals surface area contributed by atoms with Crippen LogP contribution in [0, 0.1) is 0 Å². The standard InChI is InChI=1S/C12H15F3N2O/c1-8-7-9(4-6-16-8)18-11-10(12(13,14)15)3-2-5-17-11/h2-3,5,8-9,16H,4,6-7H2,1H3/t8-,9+/m0/s1. The lowest BCUT2D eigenvalue weighted by molar-refractivity contribution is -0.139. The molecule has 1 aliphatic rings. The van der Waals surface area contributed by atoms with Crippen LogP contribution >= 0.6 is 0 Å². The fourth-order valence-electron chi connectivity index (χ4n) is 2.05. The molecule has 0 spiro atoms. The molecule has 1 aromatic heterocycles. The molecule has 0 bridgehead atoms. The number of hydrogen-bond acceptors (Lipinski definition) is 3. The third kappa shape index (κ3) is 3.13. The quantitative estimate of drug-likeness (QED) is 0.887. The zero-order valence-corrected chi connectivity index (χ0v) is 10.00. The summed E-state index contributed by atoms with van der Waals surface area (Å²) in [5.74, 6) is -0.316. The van der Waals surface area contributed by atoms with E-state index in [2.05, 4.69) is 10.3 Å². The van der Waals surface area contributed by atoms with Crippen LogP contribution in [0.15, 0.2) is 18.3 Å². The van der Waals surface area contributed by atoms with E-state index in [1.807, 2.05) is 6.92 Å². The predicted octanol–water partition coefficient (Wildman–Crippen LogP) is 2.62. The topological polar surface area (TPSA) is 34.1 Å². The molecule has 0 aliphatic carbocycles. The first-order valence-corrected chi connectivity index (χ1v) is 5.89. The highest BCUT2D eigenvalue weighted by molar-refractivity contribution is 5.28. The first-order valence-electron chi connectivity index (χ1n) is 5.89. The van der Waals surface area contributed by atoms with Crippen molar-refractivity contribution in [2.45, 2.75) is 38.1 Å². The highest BCUT2D eigenvalue weighted by Gasteiger charge is 2.36. The minimum absolute atomic E-state index is 0.211. The Kier molecular flexibility index (Phi) is 3.75. The van der Waals surface area contributed by atoms with Gasteiger partial charge in [0.1, 0.15) is 11.7 Å². The first kappa shape index (κ1) is 13.1. The van der Waals surface area contributed by atoms with E-state index < -0.39 is 11.7 Å². The maximum atomic E-state index is 12.7. The number of piperidine rings is 1. The lowest BCUT2D eigenvalue weighted by Gasteiger charge is -2.28. The minimum Gasteiger partial charge on any atom is -0.474 e. The molecule has 100 valence electrons. The predicted molar refractivity (Wildman–Crippen MR) is 60.4 cm³/mol. The third-order valence-electron chi connectivity index (χ3n) is 2.93. The Hall–Kier alpha value is -1.30. The molecule has 0 unspecified atom stereocenters. The lowest BCUT2D eigenvalue weighted by Crippen LogP contribution is -2.40. The van der Waals surface area contributed by atoms with Gasteiger partial charge in [-0.05, 0) is 38.4 Å². The van der Waals surface area contributed by atoms with Crippen LogP contribution in [-0.2, 0) is 6.18 Å². The number of pyridine rings is 1. The largest absolute Gasteiger partial charge is 0.474 e. The number of nitrogens with zero attached hydrogens (tertiary/aromatic N) is 1. The van der Waals surface area contributed by atoms with Gasteiger partial charge in [-0.25, -0.2) is 4.98 Å². The van der Waals surface area contributed by atoms with E-state index in [1.54, 1.807) is 0 Å². The molecule has 1 fully saturated rings. The molecule has 0 radical (unpaired) electrons. The number of hydrogen-bond donors (Lipinski definition) is 1. The summed E-state index contributed by atoms with van der Waals surface area (Å²) in [5, 5.41) is 3.22. The third-order valence-corrected chi connectivity index (χ3v) is 2.93. The van der Waals surface area contributed by atoms with E-state index in [9.17, 15) is 13.2 Å². The summed E-state index contributed by atoms with van der Waals surface area (Å²) < 4.78 is 43.7. The molecule has 1 aromatic rings. The summed E-state index contributed by atoms with van der Waals surface area (Å²) in [7, 11) is 0. The molecule has 2 rings (SSSR count). The van der Waals surface area contributed by atoms with Crippen molar-refractivity contribution >= 4 is 0 Å². The van der Waals surface area contributed by atoms with Gasteiger partial charge in [-0.1, -0.05) is 0 Å². The molecular weight excluding hydrogens is 245 g/mol. The number of alkyl halides is 3. The van der Waals surface area contributed by atoms with E-state index in [-0.39, 0.29) is 18.0 Å². The second-order valence-corrected chi connectivity index (χ2v) is 4.47. The van der Waals surface area contributed by atoms with Crippen LogP contribution < -0.4 is 10.1 Å². The van der Waals surface area contributed by atoms with Crippen LogP contribution in [-0.4, -0.2) is 23.7 Å². The van der Waals surface area contributed by atoms with Gasteiger partial charge in [0.15, 0.2) is 0 Å². The van der Waals surface area contributed by atoms with Gasteiger partial charge in [-0.15, -0.1) is 0 Å². The smallest absolute Gasteiger partial charge is 0.421 e. The fourth-order valence-corrected chi connectivity index (χ4v) is 2.05. The van der Waals surface area contributed by atoms with E-state index in [0.29, 0.717) is 12.8 Å². The molecule has 1 N–H and O–H groups in total. The highest BCUT2D eigenvalue weighted by Crippen LogP contribution is 2.35. The SMILES string of the molecule is C[C@H]1C[C@H](Oc2ncccc2C(F)(F)F)CCN1. The van der Waals surface area contributed by atoms with Crippen LogP contribution in [0.5, 0.6) is 5.88 Å². The fraction of sp³-hybridized carbons (Fsp3) is 0.583. The van der Waals surface area contributed by atoms with Crippen LogP contribution in [0.4, 0.5) is 13.2 Å². The first-order chi connectivity index (χ1) is 8.47. The molecule has 0 saturated carbocycles. The van der Waals surface area contributed by atoms with E-state index >= 15 is 0 Å². The van der Waals surface area contributed by atoms with Crippen molar-refractivity contribution in [3.8, 4) is 5.88 Å².